The number of benzene rings is 1. The zero-order valence-corrected chi connectivity index (χ0v) is 16.5. The Morgan fingerprint density at radius 2 is 1.88 bits per heavy atom. The number of aromatic nitrogens is 4. The molecule has 1 aliphatic carbocycles. The van der Waals surface area contributed by atoms with E-state index in [-0.39, 0.29) is 28.9 Å². The van der Waals surface area contributed by atoms with Crippen molar-refractivity contribution in [3.63, 3.8) is 0 Å². The quantitative estimate of drug-likeness (QED) is 0.495. The van der Waals surface area contributed by atoms with Crippen LogP contribution >= 0.6 is 0 Å². The number of nitrogens with one attached hydrogen (secondary N) is 1. The molecule has 0 radical (unpaired) electrons. The molecule has 1 aromatic carbocycles. The van der Waals surface area contributed by atoms with Crippen LogP contribution in [0.4, 0.5) is 13.2 Å². The van der Waals surface area contributed by atoms with Crippen molar-refractivity contribution in [3.8, 4) is 28.3 Å². The van der Waals surface area contributed by atoms with Gasteiger partial charge in [-0.05, 0) is 25.0 Å². The SMILES string of the molecule is O=C(NC1CC1)c1ccc(-n2cnc(-c3c(-c4ccccc4)noc3C(F)(F)F)c2)nc1. The minimum absolute atomic E-state index is 0.0368. The maximum Gasteiger partial charge on any atom is 0.453 e. The predicted octanol–water partition coefficient (Wildman–Crippen LogP) is 4.50. The number of pyridine rings is 1. The van der Waals surface area contributed by atoms with E-state index in [1.54, 1.807) is 42.5 Å². The number of hydrogen-bond acceptors (Lipinski definition) is 5. The Labute approximate surface area is 179 Å². The highest BCUT2D eigenvalue weighted by Crippen LogP contribution is 2.42. The van der Waals surface area contributed by atoms with Crippen LogP contribution in [-0.4, -0.2) is 31.6 Å². The first kappa shape index (κ1) is 20.0. The summed E-state index contributed by atoms with van der Waals surface area (Å²) in [6, 6.07) is 11.9. The highest BCUT2D eigenvalue weighted by Gasteiger charge is 2.41. The van der Waals surface area contributed by atoms with Gasteiger partial charge in [0.2, 0.25) is 5.76 Å². The van der Waals surface area contributed by atoms with Gasteiger partial charge in [-0.25, -0.2) is 9.97 Å². The number of rotatable bonds is 5. The molecule has 0 bridgehead atoms. The van der Waals surface area contributed by atoms with Gasteiger partial charge in [-0.1, -0.05) is 35.5 Å². The molecule has 1 aliphatic rings. The number of nitrogens with zero attached hydrogens (tertiary/aromatic N) is 4. The van der Waals surface area contributed by atoms with Crippen molar-refractivity contribution in [3.05, 3.63) is 72.5 Å². The molecule has 0 atom stereocenters. The van der Waals surface area contributed by atoms with Crippen molar-refractivity contribution < 1.29 is 22.5 Å². The van der Waals surface area contributed by atoms with Crippen LogP contribution in [0.2, 0.25) is 0 Å². The topological polar surface area (TPSA) is 85.8 Å². The van der Waals surface area contributed by atoms with Crippen molar-refractivity contribution >= 4 is 5.91 Å². The minimum Gasteiger partial charge on any atom is -0.350 e. The van der Waals surface area contributed by atoms with Crippen molar-refractivity contribution in [1.29, 1.82) is 0 Å². The third kappa shape index (κ3) is 3.86. The summed E-state index contributed by atoms with van der Waals surface area (Å²) in [4.78, 5) is 20.5. The molecule has 10 heteroatoms. The van der Waals surface area contributed by atoms with Crippen LogP contribution in [0.3, 0.4) is 0 Å². The van der Waals surface area contributed by atoms with Crippen LogP contribution in [0.25, 0.3) is 28.3 Å². The molecule has 0 aliphatic heterocycles. The fraction of sp³-hybridized carbons (Fsp3) is 0.182. The number of carbonyl (C=O) groups excluding carboxylic acids is 1. The number of imidazole rings is 1. The van der Waals surface area contributed by atoms with Crippen LogP contribution in [-0.2, 0) is 6.18 Å². The summed E-state index contributed by atoms with van der Waals surface area (Å²) in [6.07, 6.45) is 1.40. The van der Waals surface area contributed by atoms with Gasteiger partial charge in [0.1, 0.15) is 17.8 Å². The molecule has 3 aromatic heterocycles. The summed E-state index contributed by atoms with van der Waals surface area (Å²) in [5.74, 6) is -1.02. The summed E-state index contributed by atoms with van der Waals surface area (Å²) in [6.45, 7) is 0. The van der Waals surface area contributed by atoms with E-state index in [0.717, 1.165) is 12.8 Å². The van der Waals surface area contributed by atoms with E-state index in [0.29, 0.717) is 16.9 Å². The van der Waals surface area contributed by atoms with E-state index < -0.39 is 11.9 Å². The molecule has 162 valence electrons. The first-order chi connectivity index (χ1) is 15.4. The third-order valence-electron chi connectivity index (χ3n) is 5.02. The summed E-state index contributed by atoms with van der Waals surface area (Å²) in [5.41, 5.74) is 0.715. The number of hydrogen-bond donors (Lipinski definition) is 1. The molecule has 1 fully saturated rings. The first-order valence-electron chi connectivity index (χ1n) is 9.84. The molecule has 32 heavy (non-hydrogen) atoms. The lowest BCUT2D eigenvalue weighted by atomic mass is 10.0. The van der Waals surface area contributed by atoms with E-state index in [1.807, 2.05) is 0 Å². The van der Waals surface area contributed by atoms with Gasteiger partial charge in [0, 0.05) is 24.0 Å². The number of carbonyl (C=O) groups is 1. The molecule has 4 aromatic rings. The largest absolute Gasteiger partial charge is 0.453 e. The Bertz CT molecular complexity index is 1260. The maximum atomic E-state index is 13.6. The van der Waals surface area contributed by atoms with Crippen LogP contribution in [0, 0.1) is 0 Å². The second kappa shape index (κ2) is 7.63. The van der Waals surface area contributed by atoms with E-state index >= 15 is 0 Å². The van der Waals surface area contributed by atoms with Gasteiger partial charge >= 0.3 is 6.18 Å². The number of amides is 1. The van der Waals surface area contributed by atoms with Crippen molar-refractivity contribution in [2.75, 3.05) is 0 Å². The van der Waals surface area contributed by atoms with Crippen LogP contribution in [0.5, 0.6) is 0 Å². The Morgan fingerprint density at radius 1 is 1.09 bits per heavy atom. The first-order valence-corrected chi connectivity index (χ1v) is 9.84. The Morgan fingerprint density at radius 3 is 2.53 bits per heavy atom. The zero-order chi connectivity index (χ0) is 22.3. The van der Waals surface area contributed by atoms with E-state index in [9.17, 15) is 18.0 Å². The van der Waals surface area contributed by atoms with Gasteiger partial charge in [0.25, 0.3) is 5.91 Å². The van der Waals surface area contributed by atoms with Crippen LogP contribution in [0.1, 0.15) is 29.0 Å². The standard InChI is InChI=1S/C22H16F3N5O2/c23-22(24,25)20-18(19(29-32-20)13-4-2-1-3-5-13)16-11-30(12-27-16)17-9-6-14(10-26-17)21(31)28-15-7-8-15/h1-6,9-12,15H,7-8H2,(H,28,31). The highest BCUT2D eigenvalue weighted by atomic mass is 19.4. The number of alkyl halides is 3. The zero-order valence-electron chi connectivity index (χ0n) is 16.5. The molecule has 0 spiro atoms. The maximum absolute atomic E-state index is 13.6. The minimum atomic E-state index is -4.74. The molecule has 1 saturated carbocycles. The van der Waals surface area contributed by atoms with Gasteiger partial charge in [-0.2, -0.15) is 13.2 Å². The smallest absolute Gasteiger partial charge is 0.350 e. The predicted molar refractivity (Wildman–Crippen MR) is 108 cm³/mol. The molecule has 3 heterocycles. The average Bonchev–Trinajstić information content (AvgIpc) is 3.27. The Balaban J connectivity index is 1.49. The van der Waals surface area contributed by atoms with Gasteiger partial charge in [-0.15, -0.1) is 0 Å². The molecular weight excluding hydrogens is 423 g/mol. The normalized spacial score (nSPS) is 13.8. The molecule has 0 saturated heterocycles. The number of halogens is 3. The van der Waals surface area contributed by atoms with Crippen molar-refractivity contribution in [2.45, 2.75) is 25.1 Å². The molecule has 5 rings (SSSR count). The fourth-order valence-electron chi connectivity index (χ4n) is 3.26. The second-order valence-corrected chi connectivity index (χ2v) is 7.42. The molecule has 1 N–H and O–H groups in total. The van der Waals surface area contributed by atoms with Gasteiger partial charge in [-0.3, -0.25) is 9.36 Å². The van der Waals surface area contributed by atoms with Crippen LogP contribution in [0.15, 0.2) is 65.7 Å². The summed E-state index contributed by atoms with van der Waals surface area (Å²) in [5, 5.41) is 6.54. The molecular formula is C22H16F3N5O2. The van der Waals surface area contributed by atoms with E-state index in [4.69, 9.17) is 0 Å². The molecule has 7 nitrogen and oxygen atoms in total. The average molecular weight is 439 g/mol. The third-order valence-corrected chi connectivity index (χ3v) is 5.02. The summed E-state index contributed by atoms with van der Waals surface area (Å²) in [7, 11) is 0. The van der Waals surface area contributed by atoms with Crippen molar-refractivity contribution in [1.82, 2.24) is 25.0 Å². The lowest BCUT2D eigenvalue weighted by molar-refractivity contribution is -0.154. The summed E-state index contributed by atoms with van der Waals surface area (Å²) < 4.78 is 46.9. The lowest BCUT2D eigenvalue weighted by Gasteiger charge is -2.05. The van der Waals surface area contributed by atoms with Gasteiger partial charge in [0.15, 0.2) is 0 Å². The van der Waals surface area contributed by atoms with E-state index in [1.165, 1.54) is 23.3 Å². The lowest BCUT2D eigenvalue weighted by Crippen LogP contribution is -2.25. The van der Waals surface area contributed by atoms with Gasteiger partial charge < -0.3 is 9.84 Å². The monoisotopic (exact) mass is 439 g/mol. The summed E-state index contributed by atoms with van der Waals surface area (Å²) >= 11 is 0. The van der Waals surface area contributed by atoms with Crippen LogP contribution < -0.4 is 5.32 Å². The van der Waals surface area contributed by atoms with Gasteiger partial charge in [0.05, 0.1) is 16.8 Å². The van der Waals surface area contributed by atoms with E-state index in [2.05, 4.69) is 25.0 Å². The Hall–Kier alpha value is -3.95. The Kier molecular flexibility index (Phi) is 4.76. The molecule has 1 amide bonds. The second-order valence-electron chi connectivity index (χ2n) is 7.42. The fourth-order valence-corrected chi connectivity index (χ4v) is 3.26. The van der Waals surface area contributed by atoms with Crippen molar-refractivity contribution in [2.24, 2.45) is 0 Å². The highest BCUT2D eigenvalue weighted by molar-refractivity contribution is 5.94. The molecule has 0 unspecified atom stereocenters.